The smallest absolute Gasteiger partial charge is 0.178 e. The molecule has 0 bridgehead atoms. The van der Waals surface area contributed by atoms with E-state index in [9.17, 15) is 14.7 Å². The minimum atomic E-state index is -0.238. The molecular weight excluding hydrogens is 288 g/mol. The molecule has 2 fully saturated rings. The van der Waals surface area contributed by atoms with Gasteiger partial charge in [-0.1, -0.05) is 26.0 Å². The highest BCUT2D eigenvalue weighted by Crippen LogP contribution is 2.63. The number of carbonyl (C=O) groups excluding carboxylic acids is 2. The summed E-state index contributed by atoms with van der Waals surface area (Å²) in [5.74, 6) is 1.12. The molecule has 0 aromatic heterocycles. The van der Waals surface area contributed by atoms with Crippen LogP contribution in [0.1, 0.15) is 39.5 Å². The van der Waals surface area contributed by atoms with E-state index in [0.29, 0.717) is 23.3 Å². The third kappa shape index (κ3) is 1.86. The Morgan fingerprint density at radius 2 is 2.00 bits per heavy atom. The summed E-state index contributed by atoms with van der Waals surface area (Å²) in [6.45, 7) is 4.39. The van der Waals surface area contributed by atoms with Crippen molar-refractivity contribution < 1.29 is 14.7 Å². The lowest BCUT2D eigenvalue weighted by atomic mass is 9.49. The molecule has 0 radical (unpaired) electrons. The van der Waals surface area contributed by atoms with Crippen LogP contribution in [-0.2, 0) is 9.59 Å². The summed E-state index contributed by atoms with van der Waals surface area (Å²) in [6, 6.07) is 0. The van der Waals surface area contributed by atoms with E-state index in [2.05, 4.69) is 19.9 Å². The van der Waals surface area contributed by atoms with Crippen LogP contribution < -0.4 is 0 Å². The zero-order chi connectivity index (χ0) is 16.4. The van der Waals surface area contributed by atoms with Gasteiger partial charge in [0, 0.05) is 11.0 Å². The lowest BCUT2D eigenvalue weighted by Gasteiger charge is -2.55. The van der Waals surface area contributed by atoms with Gasteiger partial charge in [-0.25, -0.2) is 0 Å². The molecule has 4 rings (SSSR count). The number of hydrogen-bond donors (Lipinski definition) is 1. The largest absolute Gasteiger partial charge is 0.393 e. The van der Waals surface area contributed by atoms with Crippen molar-refractivity contribution in [2.24, 2.45) is 28.6 Å². The van der Waals surface area contributed by atoms with Gasteiger partial charge in [0.15, 0.2) is 5.78 Å². The number of aliphatic hydroxyl groups excluding tert-OH is 1. The standard InChI is InChI=1S/C20H24O3/c1-19-7-5-13(22)10-17(19)12(11-21)9-14-15-3-4-18(23)20(15,2)8-6-16(14)19/h5,7,9-11,14-16,18,23H,3-4,6,8H2,1-2H3/t14?,15?,16?,18-,19-,20+/m1/s1. The van der Waals surface area contributed by atoms with Gasteiger partial charge in [0.1, 0.15) is 6.29 Å². The monoisotopic (exact) mass is 312 g/mol. The lowest BCUT2D eigenvalue weighted by molar-refractivity contribution is -0.110. The summed E-state index contributed by atoms with van der Waals surface area (Å²) < 4.78 is 0. The van der Waals surface area contributed by atoms with E-state index >= 15 is 0 Å². The second kappa shape index (κ2) is 4.76. The fourth-order valence-corrected chi connectivity index (χ4v) is 5.91. The van der Waals surface area contributed by atoms with E-state index in [4.69, 9.17) is 0 Å². The summed E-state index contributed by atoms with van der Waals surface area (Å²) in [5, 5.41) is 10.5. The molecule has 122 valence electrons. The quantitative estimate of drug-likeness (QED) is 0.757. The average Bonchev–Trinajstić information content (AvgIpc) is 2.83. The van der Waals surface area contributed by atoms with E-state index in [-0.39, 0.29) is 22.7 Å². The van der Waals surface area contributed by atoms with Gasteiger partial charge >= 0.3 is 0 Å². The summed E-state index contributed by atoms with van der Waals surface area (Å²) >= 11 is 0. The Hall–Kier alpha value is -1.48. The summed E-state index contributed by atoms with van der Waals surface area (Å²) in [6.07, 6.45) is 12.1. The maximum absolute atomic E-state index is 11.8. The molecule has 1 N–H and O–H groups in total. The first-order chi connectivity index (χ1) is 10.9. The number of allylic oxidation sites excluding steroid dienone is 6. The first-order valence-electron chi connectivity index (χ1n) is 8.71. The lowest BCUT2D eigenvalue weighted by Crippen LogP contribution is -2.49. The second-order valence-corrected chi connectivity index (χ2v) is 8.24. The molecule has 0 spiro atoms. The number of aliphatic hydroxyl groups is 1. The molecule has 3 nitrogen and oxygen atoms in total. The molecule has 0 amide bonds. The van der Waals surface area contributed by atoms with Crippen molar-refractivity contribution in [2.45, 2.75) is 45.6 Å². The molecule has 4 aliphatic rings. The first-order valence-corrected chi connectivity index (χ1v) is 8.71. The number of fused-ring (bicyclic) bond motifs is 5. The van der Waals surface area contributed by atoms with Crippen LogP contribution in [0.5, 0.6) is 0 Å². The van der Waals surface area contributed by atoms with Gasteiger partial charge in [-0.15, -0.1) is 0 Å². The van der Waals surface area contributed by atoms with Gasteiger partial charge in [0.25, 0.3) is 0 Å². The number of rotatable bonds is 1. The van der Waals surface area contributed by atoms with Crippen molar-refractivity contribution in [3.05, 3.63) is 35.5 Å². The molecule has 3 unspecified atom stereocenters. The Bertz CT molecular complexity index is 670. The van der Waals surface area contributed by atoms with Gasteiger partial charge in [-0.3, -0.25) is 9.59 Å². The van der Waals surface area contributed by atoms with Crippen LogP contribution in [0.4, 0.5) is 0 Å². The molecule has 3 heteroatoms. The van der Waals surface area contributed by atoms with Crippen molar-refractivity contribution in [1.82, 2.24) is 0 Å². The molecule has 0 saturated heterocycles. The van der Waals surface area contributed by atoms with E-state index in [1.165, 1.54) is 0 Å². The summed E-state index contributed by atoms with van der Waals surface area (Å²) in [4.78, 5) is 23.5. The number of ketones is 1. The number of aldehydes is 1. The van der Waals surface area contributed by atoms with E-state index in [0.717, 1.165) is 37.5 Å². The highest BCUT2D eigenvalue weighted by molar-refractivity contribution is 6.03. The molecule has 0 aromatic rings. The topological polar surface area (TPSA) is 54.4 Å². The van der Waals surface area contributed by atoms with Crippen LogP contribution in [0.25, 0.3) is 0 Å². The Balaban J connectivity index is 1.85. The number of carbonyl (C=O) groups is 2. The first kappa shape index (κ1) is 15.1. The molecular formula is C20H24O3. The highest BCUT2D eigenvalue weighted by Gasteiger charge is 2.58. The molecule has 4 aliphatic carbocycles. The normalized spacial score (nSPS) is 48.0. The van der Waals surface area contributed by atoms with Gasteiger partial charge in [-0.05, 0) is 66.6 Å². The third-order valence-corrected chi connectivity index (χ3v) is 7.32. The summed E-state index contributed by atoms with van der Waals surface area (Å²) in [5.41, 5.74) is 1.30. The van der Waals surface area contributed by atoms with Crippen molar-refractivity contribution in [3.8, 4) is 0 Å². The van der Waals surface area contributed by atoms with Crippen LogP contribution in [0.3, 0.4) is 0 Å². The maximum Gasteiger partial charge on any atom is 0.178 e. The van der Waals surface area contributed by atoms with Crippen LogP contribution in [0.2, 0.25) is 0 Å². The fraction of sp³-hybridized carbons (Fsp3) is 0.600. The predicted molar refractivity (Wildman–Crippen MR) is 87.5 cm³/mol. The SMILES string of the molecule is C[C@]12C=CC(=O)C=C1C(C=O)=CC1C2CC[C@@]2(C)C1CC[C@H]2O. The second-order valence-electron chi connectivity index (χ2n) is 8.24. The molecule has 2 saturated carbocycles. The van der Waals surface area contributed by atoms with E-state index in [1.54, 1.807) is 12.2 Å². The van der Waals surface area contributed by atoms with Crippen LogP contribution in [0.15, 0.2) is 35.5 Å². The minimum Gasteiger partial charge on any atom is -0.393 e. The predicted octanol–water partition coefficient (Wildman–Crippen LogP) is 3.00. The Kier molecular flexibility index (Phi) is 3.12. The fourth-order valence-electron chi connectivity index (χ4n) is 5.91. The van der Waals surface area contributed by atoms with E-state index in [1.807, 2.05) is 6.08 Å². The molecule has 23 heavy (non-hydrogen) atoms. The Labute approximate surface area is 137 Å². The molecule has 0 aromatic carbocycles. The highest BCUT2D eigenvalue weighted by atomic mass is 16.3. The van der Waals surface area contributed by atoms with Crippen molar-refractivity contribution >= 4 is 12.1 Å². The molecule has 0 heterocycles. The average molecular weight is 312 g/mol. The van der Waals surface area contributed by atoms with Gasteiger partial charge < -0.3 is 5.11 Å². The van der Waals surface area contributed by atoms with Crippen molar-refractivity contribution in [1.29, 1.82) is 0 Å². The van der Waals surface area contributed by atoms with E-state index < -0.39 is 0 Å². The van der Waals surface area contributed by atoms with Crippen LogP contribution >= 0.6 is 0 Å². The van der Waals surface area contributed by atoms with Crippen molar-refractivity contribution in [2.75, 3.05) is 0 Å². The van der Waals surface area contributed by atoms with Gasteiger partial charge in [-0.2, -0.15) is 0 Å². The molecule has 0 aliphatic heterocycles. The van der Waals surface area contributed by atoms with Crippen LogP contribution in [0, 0.1) is 28.6 Å². The Morgan fingerprint density at radius 1 is 1.22 bits per heavy atom. The maximum atomic E-state index is 11.8. The van der Waals surface area contributed by atoms with Gasteiger partial charge in [0.05, 0.1) is 6.10 Å². The van der Waals surface area contributed by atoms with Crippen LogP contribution in [-0.4, -0.2) is 23.3 Å². The zero-order valence-electron chi connectivity index (χ0n) is 13.8. The zero-order valence-corrected chi connectivity index (χ0v) is 13.8. The summed E-state index contributed by atoms with van der Waals surface area (Å²) in [7, 11) is 0. The minimum absolute atomic E-state index is 0.0272. The van der Waals surface area contributed by atoms with Gasteiger partial charge in [0.2, 0.25) is 0 Å². The molecule has 6 atom stereocenters. The Morgan fingerprint density at radius 3 is 2.74 bits per heavy atom. The number of hydrogen-bond acceptors (Lipinski definition) is 3. The third-order valence-electron chi connectivity index (χ3n) is 7.32. The van der Waals surface area contributed by atoms with Crippen molar-refractivity contribution in [3.63, 3.8) is 0 Å².